The van der Waals surface area contributed by atoms with E-state index in [1.165, 1.54) is 30.4 Å². The molecular formula is C16H24FN. The van der Waals surface area contributed by atoms with Gasteiger partial charge in [0.15, 0.2) is 0 Å². The summed E-state index contributed by atoms with van der Waals surface area (Å²) in [6.45, 7) is 4.40. The highest BCUT2D eigenvalue weighted by Gasteiger charge is 2.33. The van der Waals surface area contributed by atoms with Crippen molar-refractivity contribution in [2.75, 3.05) is 6.54 Å². The molecular weight excluding hydrogens is 225 g/mol. The lowest BCUT2D eigenvalue weighted by Crippen LogP contribution is -2.37. The molecule has 2 rings (SSSR count). The van der Waals surface area contributed by atoms with E-state index in [1.807, 2.05) is 12.1 Å². The Hall–Kier alpha value is -0.890. The molecule has 1 nitrogen and oxygen atoms in total. The lowest BCUT2D eigenvalue weighted by atomic mass is 9.68. The van der Waals surface area contributed by atoms with Crippen LogP contribution in [0.1, 0.15) is 61.9 Å². The molecule has 18 heavy (non-hydrogen) atoms. The van der Waals surface area contributed by atoms with E-state index in [0.717, 1.165) is 18.4 Å². The molecule has 1 aromatic carbocycles. The van der Waals surface area contributed by atoms with Crippen LogP contribution in [0.3, 0.4) is 0 Å². The minimum atomic E-state index is -0.900. The zero-order valence-corrected chi connectivity index (χ0v) is 11.5. The van der Waals surface area contributed by atoms with Crippen molar-refractivity contribution in [2.24, 2.45) is 5.73 Å². The van der Waals surface area contributed by atoms with E-state index in [-0.39, 0.29) is 5.41 Å². The van der Waals surface area contributed by atoms with Gasteiger partial charge in [-0.15, -0.1) is 0 Å². The van der Waals surface area contributed by atoms with Crippen molar-refractivity contribution in [1.82, 2.24) is 0 Å². The van der Waals surface area contributed by atoms with Gasteiger partial charge in [0.1, 0.15) is 6.17 Å². The van der Waals surface area contributed by atoms with E-state index in [1.54, 1.807) is 6.92 Å². The van der Waals surface area contributed by atoms with Crippen LogP contribution >= 0.6 is 0 Å². The highest BCUT2D eigenvalue weighted by Crippen LogP contribution is 2.40. The normalized spacial score (nSPS) is 20.7. The SMILES string of the molecule is Cc1ccc(C(C)F)cc1C1(CN)CCCCC1. The molecule has 1 atom stereocenters. The Morgan fingerprint density at radius 1 is 1.28 bits per heavy atom. The monoisotopic (exact) mass is 249 g/mol. The summed E-state index contributed by atoms with van der Waals surface area (Å²) < 4.78 is 13.5. The molecule has 2 heteroatoms. The first-order chi connectivity index (χ1) is 8.59. The van der Waals surface area contributed by atoms with Crippen LogP contribution in [0, 0.1) is 6.92 Å². The average molecular weight is 249 g/mol. The fraction of sp³-hybridized carbons (Fsp3) is 0.625. The third-order valence-corrected chi connectivity index (χ3v) is 4.49. The number of rotatable bonds is 3. The summed E-state index contributed by atoms with van der Waals surface area (Å²) in [5.41, 5.74) is 9.49. The molecule has 1 aromatic rings. The summed E-state index contributed by atoms with van der Waals surface area (Å²) in [6, 6.07) is 6.00. The predicted octanol–water partition coefficient (Wildman–Crippen LogP) is 4.19. The first-order valence-electron chi connectivity index (χ1n) is 7.04. The Balaban J connectivity index is 2.43. The standard InChI is InChI=1S/C16H24FN/c1-12-6-7-14(13(2)17)10-15(12)16(11-18)8-4-3-5-9-16/h6-7,10,13H,3-5,8-9,11,18H2,1-2H3. The van der Waals surface area contributed by atoms with Gasteiger partial charge in [0, 0.05) is 12.0 Å². The summed E-state index contributed by atoms with van der Waals surface area (Å²) in [5, 5.41) is 0. The summed E-state index contributed by atoms with van der Waals surface area (Å²) in [5.74, 6) is 0. The summed E-state index contributed by atoms with van der Waals surface area (Å²) >= 11 is 0. The topological polar surface area (TPSA) is 26.0 Å². The molecule has 100 valence electrons. The molecule has 0 bridgehead atoms. The molecule has 0 saturated heterocycles. The largest absolute Gasteiger partial charge is 0.330 e. The Bertz CT molecular complexity index is 406. The Morgan fingerprint density at radius 2 is 1.94 bits per heavy atom. The summed E-state index contributed by atoms with van der Waals surface area (Å²) in [4.78, 5) is 0. The van der Waals surface area contributed by atoms with Gasteiger partial charge in [-0.2, -0.15) is 0 Å². The van der Waals surface area contributed by atoms with Crippen LogP contribution in [-0.4, -0.2) is 6.54 Å². The average Bonchev–Trinajstić information content (AvgIpc) is 2.39. The second-order valence-corrected chi connectivity index (χ2v) is 5.74. The van der Waals surface area contributed by atoms with Gasteiger partial charge in [-0.1, -0.05) is 37.5 Å². The maximum absolute atomic E-state index is 13.5. The van der Waals surface area contributed by atoms with Crippen molar-refractivity contribution in [2.45, 2.75) is 57.5 Å². The second kappa shape index (κ2) is 5.40. The zero-order chi connectivity index (χ0) is 13.2. The van der Waals surface area contributed by atoms with Crippen molar-refractivity contribution in [3.05, 3.63) is 34.9 Å². The minimum absolute atomic E-state index is 0.0905. The Kier molecular flexibility index (Phi) is 4.06. The molecule has 1 aliphatic rings. The molecule has 1 saturated carbocycles. The number of hydrogen-bond donors (Lipinski definition) is 1. The van der Waals surface area contributed by atoms with Gasteiger partial charge in [0.05, 0.1) is 0 Å². The third-order valence-electron chi connectivity index (χ3n) is 4.49. The molecule has 1 aliphatic carbocycles. The van der Waals surface area contributed by atoms with Gasteiger partial charge in [0.25, 0.3) is 0 Å². The fourth-order valence-corrected chi connectivity index (χ4v) is 3.27. The second-order valence-electron chi connectivity index (χ2n) is 5.74. The first-order valence-corrected chi connectivity index (χ1v) is 7.04. The quantitative estimate of drug-likeness (QED) is 0.854. The number of nitrogens with two attached hydrogens (primary N) is 1. The van der Waals surface area contributed by atoms with Gasteiger partial charge < -0.3 is 5.73 Å². The van der Waals surface area contributed by atoms with Gasteiger partial charge >= 0.3 is 0 Å². The van der Waals surface area contributed by atoms with Crippen LogP contribution in [0.15, 0.2) is 18.2 Å². The molecule has 0 amide bonds. The third kappa shape index (κ3) is 2.44. The first kappa shape index (κ1) is 13.5. The number of aryl methyl sites for hydroxylation is 1. The molecule has 0 aliphatic heterocycles. The Labute approximate surface area is 110 Å². The van der Waals surface area contributed by atoms with Gasteiger partial charge in [-0.25, -0.2) is 4.39 Å². The molecule has 1 unspecified atom stereocenters. The van der Waals surface area contributed by atoms with Crippen molar-refractivity contribution in [3.63, 3.8) is 0 Å². The Morgan fingerprint density at radius 3 is 2.50 bits per heavy atom. The van der Waals surface area contributed by atoms with Crippen LogP contribution in [0.4, 0.5) is 4.39 Å². The predicted molar refractivity (Wildman–Crippen MR) is 74.5 cm³/mol. The van der Waals surface area contributed by atoms with Crippen LogP contribution < -0.4 is 5.73 Å². The number of benzene rings is 1. The van der Waals surface area contributed by atoms with Gasteiger partial charge in [0.2, 0.25) is 0 Å². The van der Waals surface area contributed by atoms with Crippen molar-refractivity contribution in [3.8, 4) is 0 Å². The van der Waals surface area contributed by atoms with Crippen LogP contribution in [0.2, 0.25) is 0 Å². The highest BCUT2D eigenvalue weighted by molar-refractivity contribution is 5.38. The van der Waals surface area contributed by atoms with Crippen LogP contribution in [0.25, 0.3) is 0 Å². The molecule has 2 N–H and O–H groups in total. The molecule has 0 spiro atoms. The molecule has 0 heterocycles. The van der Waals surface area contributed by atoms with Crippen LogP contribution in [0.5, 0.6) is 0 Å². The zero-order valence-electron chi connectivity index (χ0n) is 11.5. The van der Waals surface area contributed by atoms with Crippen LogP contribution in [-0.2, 0) is 5.41 Å². The lowest BCUT2D eigenvalue weighted by Gasteiger charge is -2.38. The van der Waals surface area contributed by atoms with E-state index in [4.69, 9.17) is 5.73 Å². The smallest absolute Gasteiger partial charge is 0.122 e. The van der Waals surface area contributed by atoms with Gasteiger partial charge in [-0.3, -0.25) is 0 Å². The highest BCUT2D eigenvalue weighted by atomic mass is 19.1. The summed E-state index contributed by atoms with van der Waals surface area (Å²) in [7, 11) is 0. The van der Waals surface area contributed by atoms with Gasteiger partial charge in [-0.05, 0) is 43.4 Å². The maximum atomic E-state index is 13.5. The molecule has 0 aromatic heterocycles. The number of halogens is 1. The van der Waals surface area contributed by atoms with E-state index < -0.39 is 6.17 Å². The van der Waals surface area contributed by atoms with E-state index in [9.17, 15) is 4.39 Å². The number of hydrogen-bond acceptors (Lipinski definition) is 1. The van der Waals surface area contributed by atoms with Crippen molar-refractivity contribution >= 4 is 0 Å². The van der Waals surface area contributed by atoms with Crippen molar-refractivity contribution < 1.29 is 4.39 Å². The molecule has 1 fully saturated rings. The van der Waals surface area contributed by atoms with E-state index >= 15 is 0 Å². The van der Waals surface area contributed by atoms with Crippen molar-refractivity contribution in [1.29, 1.82) is 0 Å². The molecule has 0 radical (unpaired) electrons. The fourth-order valence-electron chi connectivity index (χ4n) is 3.27. The number of alkyl halides is 1. The maximum Gasteiger partial charge on any atom is 0.122 e. The van der Waals surface area contributed by atoms with E-state index in [0.29, 0.717) is 6.54 Å². The van der Waals surface area contributed by atoms with E-state index in [2.05, 4.69) is 13.0 Å². The summed E-state index contributed by atoms with van der Waals surface area (Å²) in [6.07, 6.45) is 5.18. The lowest BCUT2D eigenvalue weighted by molar-refractivity contribution is 0.298. The minimum Gasteiger partial charge on any atom is -0.330 e.